The molecule has 0 aromatic heterocycles. The third kappa shape index (κ3) is 8.82. The van der Waals surface area contributed by atoms with Gasteiger partial charge in [-0.25, -0.2) is 0 Å². The van der Waals surface area contributed by atoms with E-state index in [0.717, 1.165) is 25.0 Å². The maximum atomic E-state index is 12.4. The van der Waals surface area contributed by atoms with Gasteiger partial charge in [-0.05, 0) is 26.7 Å². The molecule has 5 nitrogen and oxygen atoms in total. The summed E-state index contributed by atoms with van der Waals surface area (Å²) in [5, 5.41) is 13.0. The van der Waals surface area contributed by atoms with Crippen molar-refractivity contribution in [2.75, 3.05) is 19.7 Å². The van der Waals surface area contributed by atoms with Crippen LogP contribution in [0.2, 0.25) is 0 Å². The van der Waals surface area contributed by atoms with Crippen LogP contribution in [-0.4, -0.2) is 48.6 Å². The van der Waals surface area contributed by atoms with Crippen molar-refractivity contribution < 1.29 is 14.6 Å². The molecule has 1 amide bonds. The number of rotatable bonds is 12. The van der Waals surface area contributed by atoms with Crippen LogP contribution in [0.15, 0.2) is 4.99 Å². The van der Waals surface area contributed by atoms with E-state index in [1.807, 2.05) is 6.92 Å². The molecule has 1 heterocycles. The van der Waals surface area contributed by atoms with Gasteiger partial charge in [-0.3, -0.25) is 9.79 Å². The highest BCUT2D eigenvalue weighted by Gasteiger charge is 2.35. The smallest absolute Gasteiger partial charge is 0.231 e. The Morgan fingerprint density at radius 2 is 1.84 bits per heavy atom. The first kappa shape index (κ1) is 22.1. The highest BCUT2D eigenvalue weighted by atomic mass is 16.5. The SMILES string of the molecule is CCCCCCCCCCOC(C(C)O)C1C(=O)NCCCN=C1C. The Kier molecular flexibility index (Phi) is 11.7. The highest BCUT2D eigenvalue weighted by Crippen LogP contribution is 2.18. The Labute approximate surface area is 153 Å². The molecule has 0 aromatic carbocycles. The maximum Gasteiger partial charge on any atom is 0.231 e. The average molecular weight is 355 g/mol. The quantitative estimate of drug-likeness (QED) is 0.527. The minimum atomic E-state index is -0.700. The summed E-state index contributed by atoms with van der Waals surface area (Å²) in [5.41, 5.74) is 0.763. The number of carbonyl (C=O) groups excluding carboxylic acids is 1. The van der Waals surface area contributed by atoms with E-state index < -0.39 is 18.1 Å². The van der Waals surface area contributed by atoms with E-state index in [9.17, 15) is 9.90 Å². The summed E-state index contributed by atoms with van der Waals surface area (Å²) in [4.78, 5) is 16.9. The number of nitrogens with one attached hydrogen (secondary N) is 1. The first-order valence-corrected chi connectivity index (χ1v) is 10.2. The molecular weight excluding hydrogens is 316 g/mol. The van der Waals surface area contributed by atoms with Gasteiger partial charge in [-0.15, -0.1) is 0 Å². The second-order valence-corrected chi connectivity index (χ2v) is 7.20. The van der Waals surface area contributed by atoms with E-state index in [4.69, 9.17) is 4.74 Å². The van der Waals surface area contributed by atoms with Gasteiger partial charge in [0.25, 0.3) is 0 Å². The predicted molar refractivity (Wildman–Crippen MR) is 103 cm³/mol. The molecule has 0 bridgehead atoms. The van der Waals surface area contributed by atoms with Gasteiger partial charge in [0, 0.05) is 25.4 Å². The molecule has 1 aliphatic heterocycles. The molecule has 0 spiro atoms. The van der Waals surface area contributed by atoms with Gasteiger partial charge in [-0.1, -0.05) is 51.9 Å². The number of unbranched alkanes of at least 4 members (excludes halogenated alkanes) is 7. The second kappa shape index (κ2) is 13.3. The number of amides is 1. The van der Waals surface area contributed by atoms with Gasteiger partial charge in [0.2, 0.25) is 5.91 Å². The van der Waals surface area contributed by atoms with Crippen LogP contribution in [0.3, 0.4) is 0 Å². The lowest BCUT2D eigenvalue weighted by atomic mass is 9.92. The maximum absolute atomic E-state index is 12.4. The topological polar surface area (TPSA) is 70.9 Å². The molecule has 1 rings (SSSR count). The van der Waals surface area contributed by atoms with Crippen molar-refractivity contribution >= 4 is 11.6 Å². The number of aliphatic imine (C=N–C) groups is 1. The molecule has 1 aliphatic rings. The summed E-state index contributed by atoms with van der Waals surface area (Å²) < 4.78 is 5.93. The molecular formula is C20H38N2O3. The molecule has 3 atom stereocenters. The van der Waals surface area contributed by atoms with Crippen molar-refractivity contribution in [3.8, 4) is 0 Å². The van der Waals surface area contributed by atoms with Gasteiger partial charge in [0.1, 0.15) is 5.92 Å². The lowest BCUT2D eigenvalue weighted by molar-refractivity contribution is -0.131. The molecule has 2 N–H and O–H groups in total. The number of aliphatic hydroxyl groups excluding tert-OH is 1. The van der Waals surface area contributed by atoms with Crippen LogP contribution in [0.4, 0.5) is 0 Å². The van der Waals surface area contributed by atoms with Crippen LogP contribution in [0.25, 0.3) is 0 Å². The third-order valence-electron chi connectivity index (χ3n) is 4.84. The van der Waals surface area contributed by atoms with Crippen LogP contribution in [0, 0.1) is 5.92 Å². The van der Waals surface area contributed by atoms with Crippen LogP contribution in [-0.2, 0) is 9.53 Å². The van der Waals surface area contributed by atoms with E-state index in [-0.39, 0.29) is 5.91 Å². The predicted octanol–water partition coefficient (Wildman–Crippen LogP) is 3.49. The Bertz CT molecular complexity index is 396. The lowest BCUT2D eigenvalue weighted by Crippen LogP contribution is -2.48. The van der Waals surface area contributed by atoms with Crippen LogP contribution < -0.4 is 5.32 Å². The van der Waals surface area contributed by atoms with Crippen LogP contribution in [0.5, 0.6) is 0 Å². The summed E-state index contributed by atoms with van der Waals surface area (Å²) in [6.07, 6.45) is 9.55. The Morgan fingerprint density at radius 3 is 2.48 bits per heavy atom. The summed E-state index contributed by atoms with van der Waals surface area (Å²) >= 11 is 0. The normalized spacial score (nSPS) is 21.0. The van der Waals surface area contributed by atoms with E-state index in [1.165, 1.54) is 38.5 Å². The van der Waals surface area contributed by atoms with Crippen molar-refractivity contribution in [1.29, 1.82) is 0 Å². The molecule has 3 unspecified atom stereocenters. The van der Waals surface area contributed by atoms with Crippen molar-refractivity contribution in [2.24, 2.45) is 10.9 Å². The number of aliphatic hydroxyl groups is 1. The van der Waals surface area contributed by atoms with E-state index in [0.29, 0.717) is 19.7 Å². The zero-order valence-corrected chi connectivity index (χ0v) is 16.4. The summed E-state index contributed by atoms with van der Waals surface area (Å²) in [6, 6.07) is 0. The van der Waals surface area contributed by atoms with Gasteiger partial charge in [0.15, 0.2) is 0 Å². The number of carbonyl (C=O) groups is 1. The lowest BCUT2D eigenvalue weighted by Gasteiger charge is -2.29. The molecule has 0 radical (unpaired) electrons. The zero-order chi connectivity index (χ0) is 18.5. The number of hydrogen-bond donors (Lipinski definition) is 2. The fraction of sp³-hybridized carbons (Fsp3) is 0.900. The highest BCUT2D eigenvalue weighted by molar-refractivity contribution is 6.04. The van der Waals surface area contributed by atoms with Crippen molar-refractivity contribution in [2.45, 2.75) is 90.8 Å². The third-order valence-corrected chi connectivity index (χ3v) is 4.84. The molecule has 0 saturated carbocycles. The van der Waals surface area contributed by atoms with Crippen LogP contribution >= 0.6 is 0 Å². The van der Waals surface area contributed by atoms with Gasteiger partial charge < -0.3 is 15.2 Å². The largest absolute Gasteiger partial charge is 0.391 e. The first-order valence-electron chi connectivity index (χ1n) is 10.2. The number of nitrogens with zero attached hydrogens (tertiary/aromatic N) is 1. The Balaban J connectivity index is 2.38. The fourth-order valence-electron chi connectivity index (χ4n) is 3.30. The molecule has 25 heavy (non-hydrogen) atoms. The zero-order valence-electron chi connectivity index (χ0n) is 16.4. The van der Waals surface area contributed by atoms with Crippen molar-refractivity contribution in [3.63, 3.8) is 0 Å². The first-order chi connectivity index (χ1) is 12.1. The van der Waals surface area contributed by atoms with Crippen LogP contribution in [0.1, 0.15) is 78.6 Å². The average Bonchev–Trinajstić information content (AvgIpc) is 2.57. The van der Waals surface area contributed by atoms with Crippen molar-refractivity contribution in [3.05, 3.63) is 0 Å². The minimum absolute atomic E-state index is 0.0808. The monoisotopic (exact) mass is 354 g/mol. The second-order valence-electron chi connectivity index (χ2n) is 7.20. The summed E-state index contributed by atoms with van der Waals surface area (Å²) in [5.74, 6) is -0.572. The van der Waals surface area contributed by atoms with Gasteiger partial charge in [-0.2, -0.15) is 0 Å². The van der Waals surface area contributed by atoms with Gasteiger partial charge >= 0.3 is 0 Å². The summed E-state index contributed by atoms with van der Waals surface area (Å²) in [7, 11) is 0. The summed E-state index contributed by atoms with van der Waals surface area (Å²) in [6.45, 7) is 7.73. The fourth-order valence-corrected chi connectivity index (χ4v) is 3.30. The van der Waals surface area contributed by atoms with Gasteiger partial charge in [0.05, 0.1) is 12.2 Å². The standard InChI is InChI=1S/C20H38N2O3/c1-4-5-6-7-8-9-10-11-15-25-19(17(3)23)18-16(2)21-13-12-14-22-20(18)24/h17-19,23H,4-15H2,1-3H3,(H,22,24). The molecule has 0 fully saturated rings. The van der Waals surface area contributed by atoms with E-state index >= 15 is 0 Å². The Hall–Kier alpha value is -0.940. The molecule has 0 saturated heterocycles. The number of hydrogen-bond acceptors (Lipinski definition) is 4. The Morgan fingerprint density at radius 1 is 1.20 bits per heavy atom. The molecule has 146 valence electrons. The van der Waals surface area contributed by atoms with E-state index in [2.05, 4.69) is 17.2 Å². The number of ether oxygens (including phenoxy) is 1. The van der Waals surface area contributed by atoms with E-state index in [1.54, 1.807) is 6.92 Å². The molecule has 0 aromatic rings. The minimum Gasteiger partial charge on any atom is -0.391 e. The van der Waals surface area contributed by atoms with Crippen molar-refractivity contribution in [1.82, 2.24) is 5.32 Å². The molecule has 5 heteroatoms. The molecule has 0 aliphatic carbocycles.